The molecule has 0 unspecified atom stereocenters. The molecule has 0 spiro atoms. The van der Waals surface area contributed by atoms with Gasteiger partial charge in [0.15, 0.2) is 0 Å². The Labute approximate surface area is 208 Å². The Bertz CT molecular complexity index is 1470. The largest absolute Gasteiger partial charge is 0.489 e. The Morgan fingerprint density at radius 3 is 2.56 bits per heavy atom. The zero-order valence-corrected chi connectivity index (χ0v) is 20.8. The summed E-state index contributed by atoms with van der Waals surface area (Å²) in [5.74, 6) is 0.0721. The van der Waals surface area contributed by atoms with E-state index in [-0.39, 0.29) is 17.7 Å². The van der Waals surface area contributed by atoms with Crippen molar-refractivity contribution in [2.75, 3.05) is 13.1 Å². The van der Waals surface area contributed by atoms with E-state index in [9.17, 15) is 13.6 Å². The van der Waals surface area contributed by atoms with Crippen LogP contribution in [0.3, 0.4) is 0 Å². The molecule has 3 aliphatic rings. The molecule has 1 aromatic carbocycles. The van der Waals surface area contributed by atoms with Crippen LogP contribution in [0, 0.1) is 11.6 Å². The third-order valence-electron chi connectivity index (χ3n) is 7.08. The Hall–Kier alpha value is -3.52. The number of rotatable bonds is 4. The first-order valence-corrected chi connectivity index (χ1v) is 12.5. The predicted molar refractivity (Wildman–Crippen MR) is 136 cm³/mol. The quantitative estimate of drug-likeness (QED) is 0.388. The number of piperidine rings is 1. The molecule has 0 saturated carbocycles. The van der Waals surface area contributed by atoms with Crippen molar-refractivity contribution in [3.8, 4) is 11.6 Å². The average Bonchev–Trinajstić information content (AvgIpc) is 3.02. The van der Waals surface area contributed by atoms with Crippen molar-refractivity contribution in [1.82, 2.24) is 19.0 Å². The Morgan fingerprint density at radius 1 is 1.06 bits per heavy atom. The maximum Gasteiger partial charge on any atom is 0.259 e. The molecule has 0 aliphatic carbocycles. The van der Waals surface area contributed by atoms with Crippen LogP contribution in [0.1, 0.15) is 49.4 Å². The molecular weight excluding hydrogens is 462 g/mol. The molecule has 6 heterocycles. The second-order valence-electron chi connectivity index (χ2n) is 9.11. The van der Waals surface area contributed by atoms with Gasteiger partial charge in [0, 0.05) is 54.5 Å². The third-order valence-corrected chi connectivity index (χ3v) is 7.08. The summed E-state index contributed by atoms with van der Waals surface area (Å²) in [7, 11) is 2.07. The zero-order chi connectivity index (χ0) is 25.4. The van der Waals surface area contributed by atoms with Crippen molar-refractivity contribution in [2.45, 2.75) is 45.8 Å². The lowest BCUT2D eigenvalue weighted by Gasteiger charge is -2.27. The van der Waals surface area contributed by atoms with Crippen LogP contribution in [0.2, 0.25) is 0 Å². The van der Waals surface area contributed by atoms with Gasteiger partial charge in [-0.2, -0.15) is 0 Å². The van der Waals surface area contributed by atoms with E-state index in [1.807, 2.05) is 19.9 Å². The van der Waals surface area contributed by atoms with Gasteiger partial charge in [-0.25, -0.2) is 13.8 Å². The van der Waals surface area contributed by atoms with Gasteiger partial charge >= 0.3 is 0 Å². The summed E-state index contributed by atoms with van der Waals surface area (Å²) in [6, 6.07) is 10.2. The minimum Gasteiger partial charge on any atom is -0.489 e. The van der Waals surface area contributed by atoms with Crippen LogP contribution in [0.4, 0.5) is 8.78 Å². The average molecular weight is 493 g/mol. The summed E-state index contributed by atoms with van der Waals surface area (Å²) in [6.07, 6.45) is 3.95. The van der Waals surface area contributed by atoms with Crippen LogP contribution in [-0.2, 0) is 20.2 Å². The summed E-state index contributed by atoms with van der Waals surface area (Å²) in [6.45, 7) is 7.13. The van der Waals surface area contributed by atoms with Crippen LogP contribution in [0.5, 0.6) is 5.75 Å². The molecule has 0 radical (unpaired) electrons. The second-order valence-corrected chi connectivity index (χ2v) is 9.11. The summed E-state index contributed by atoms with van der Waals surface area (Å²) >= 11 is 0. The molecule has 188 valence electrons. The van der Waals surface area contributed by atoms with E-state index in [1.165, 1.54) is 46.9 Å². The van der Waals surface area contributed by atoms with Gasteiger partial charge in [-0.15, -0.1) is 0 Å². The van der Waals surface area contributed by atoms with E-state index in [0.717, 1.165) is 36.7 Å². The first kappa shape index (κ1) is 24.2. The molecule has 3 aromatic heterocycles. The van der Waals surface area contributed by atoms with E-state index in [1.54, 1.807) is 12.3 Å². The highest BCUT2D eigenvalue weighted by atomic mass is 19.1. The van der Waals surface area contributed by atoms with Crippen molar-refractivity contribution in [3.63, 3.8) is 0 Å². The molecule has 6 nitrogen and oxygen atoms in total. The fourth-order valence-corrected chi connectivity index (χ4v) is 5.33. The van der Waals surface area contributed by atoms with Gasteiger partial charge in [0.2, 0.25) is 0 Å². The standard InChI is InChI=1S/C26H24F2N4O2.C2H6/c1-30-25-16-6-9-31(10-7-16)14-21(25)20-4-5-23(29-26(20)30)32-11-8-19(13-24(32)33)34-15-17-2-3-18(27)12-22(17)28;1-2/h2-5,8,11-13,16H,6-7,9-10,14-15H2,1H3;1-2H3. The molecule has 8 heteroatoms. The summed E-state index contributed by atoms with van der Waals surface area (Å²) in [5.41, 5.74) is 3.54. The minimum absolute atomic E-state index is 0.104. The molecule has 3 aliphatic heterocycles. The fraction of sp³-hybridized carbons (Fsp3) is 0.357. The zero-order valence-electron chi connectivity index (χ0n) is 20.8. The molecule has 1 saturated heterocycles. The van der Waals surface area contributed by atoms with Crippen molar-refractivity contribution < 1.29 is 13.5 Å². The van der Waals surface area contributed by atoms with E-state index in [0.29, 0.717) is 17.5 Å². The molecule has 2 bridgehead atoms. The maximum atomic E-state index is 13.8. The third kappa shape index (κ3) is 4.30. The molecule has 0 atom stereocenters. The number of benzene rings is 1. The van der Waals surface area contributed by atoms with Gasteiger partial charge in [0.1, 0.15) is 35.5 Å². The Balaban J connectivity index is 0.00000130. The maximum absolute atomic E-state index is 13.8. The molecule has 4 aromatic rings. The lowest BCUT2D eigenvalue weighted by atomic mass is 9.94. The molecular formula is C28H30F2N4O2. The van der Waals surface area contributed by atoms with E-state index < -0.39 is 11.6 Å². The molecule has 0 N–H and O–H groups in total. The van der Waals surface area contributed by atoms with Crippen molar-refractivity contribution >= 4 is 11.0 Å². The number of fused-ring (bicyclic) bond motifs is 3. The highest BCUT2D eigenvalue weighted by Crippen LogP contribution is 2.40. The topological polar surface area (TPSA) is 52.3 Å². The van der Waals surface area contributed by atoms with Crippen molar-refractivity contribution in [2.24, 2.45) is 7.05 Å². The number of halogens is 2. The highest BCUT2D eigenvalue weighted by molar-refractivity contribution is 5.83. The molecule has 7 rings (SSSR count). The summed E-state index contributed by atoms with van der Waals surface area (Å²) < 4.78 is 36.2. The smallest absolute Gasteiger partial charge is 0.259 e. The van der Waals surface area contributed by atoms with Crippen LogP contribution >= 0.6 is 0 Å². The first-order valence-electron chi connectivity index (χ1n) is 12.5. The van der Waals surface area contributed by atoms with Crippen LogP contribution in [-0.4, -0.2) is 32.1 Å². The fourth-order valence-electron chi connectivity index (χ4n) is 5.33. The number of aromatic nitrogens is 3. The number of hydrogen-bond acceptors (Lipinski definition) is 4. The highest BCUT2D eigenvalue weighted by Gasteiger charge is 2.32. The van der Waals surface area contributed by atoms with Gasteiger partial charge in [-0.05, 0) is 61.8 Å². The summed E-state index contributed by atoms with van der Waals surface area (Å²) in [4.78, 5) is 20.2. The molecule has 36 heavy (non-hydrogen) atoms. The van der Waals surface area contributed by atoms with Crippen LogP contribution in [0.25, 0.3) is 16.9 Å². The number of pyridine rings is 2. The lowest BCUT2D eigenvalue weighted by Crippen LogP contribution is -2.29. The molecule has 1 fully saturated rings. The van der Waals surface area contributed by atoms with E-state index in [4.69, 9.17) is 9.72 Å². The van der Waals surface area contributed by atoms with Gasteiger partial charge < -0.3 is 9.30 Å². The van der Waals surface area contributed by atoms with Crippen molar-refractivity contribution in [1.29, 1.82) is 0 Å². The Morgan fingerprint density at radius 2 is 1.83 bits per heavy atom. The monoisotopic (exact) mass is 492 g/mol. The van der Waals surface area contributed by atoms with Gasteiger partial charge in [0.25, 0.3) is 5.56 Å². The van der Waals surface area contributed by atoms with E-state index >= 15 is 0 Å². The Kier molecular flexibility index (Phi) is 6.62. The second kappa shape index (κ2) is 9.85. The molecule has 0 amide bonds. The number of nitrogens with zero attached hydrogens (tertiary/aromatic N) is 4. The van der Waals surface area contributed by atoms with Gasteiger partial charge in [0.05, 0.1) is 0 Å². The van der Waals surface area contributed by atoms with Crippen molar-refractivity contribution in [3.05, 3.63) is 87.5 Å². The van der Waals surface area contributed by atoms with Gasteiger partial charge in [-0.1, -0.05) is 13.8 Å². The SMILES string of the molecule is CC.Cn1c2c(c3ccc(-n4ccc(OCc5ccc(F)cc5F)cc4=O)nc31)CN1CCC2CC1. The van der Waals surface area contributed by atoms with Crippen LogP contribution < -0.4 is 10.3 Å². The van der Waals surface area contributed by atoms with Gasteiger partial charge in [-0.3, -0.25) is 14.3 Å². The number of aryl methyl sites for hydroxylation is 1. The minimum atomic E-state index is -0.683. The number of ether oxygens (including phenoxy) is 1. The normalized spacial score (nSPS) is 18.4. The lowest BCUT2D eigenvalue weighted by molar-refractivity contribution is 0.220. The number of hydrogen-bond donors (Lipinski definition) is 0. The van der Waals surface area contributed by atoms with Crippen LogP contribution in [0.15, 0.2) is 53.5 Å². The summed E-state index contributed by atoms with van der Waals surface area (Å²) in [5, 5.41) is 1.15. The van der Waals surface area contributed by atoms with E-state index in [2.05, 4.69) is 22.6 Å². The predicted octanol–water partition coefficient (Wildman–Crippen LogP) is 5.30. The first-order chi connectivity index (χ1) is 17.5.